The molecule has 3 rings (SSSR count). The Bertz CT molecular complexity index is 868. The van der Waals surface area contributed by atoms with Crippen LogP contribution in [0.15, 0.2) is 41.3 Å². The zero-order valence-electron chi connectivity index (χ0n) is 12.9. The lowest BCUT2D eigenvalue weighted by Gasteiger charge is -2.06. The van der Waals surface area contributed by atoms with Crippen molar-refractivity contribution in [2.45, 2.75) is 17.7 Å². The molecule has 1 heterocycles. The van der Waals surface area contributed by atoms with E-state index in [1.54, 1.807) is 0 Å². The summed E-state index contributed by atoms with van der Waals surface area (Å²) in [6.07, 6.45) is 5.64. The molecule has 1 saturated carbocycles. The monoisotopic (exact) mass is 348 g/mol. The van der Waals surface area contributed by atoms with Crippen molar-refractivity contribution in [3.63, 3.8) is 0 Å². The maximum atomic E-state index is 12.2. The van der Waals surface area contributed by atoms with E-state index in [1.807, 2.05) is 6.08 Å². The van der Waals surface area contributed by atoms with Crippen LogP contribution in [0.5, 0.6) is 0 Å². The summed E-state index contributed by atoms with van der Waals surface area (Å²) >= 11 is 0. The van der Waals surface area contributed by atoms with Crippen molar-refractivity contribution in [1.82, 2.24) is 20.2 Å². The molecule has 2 aromatic rings. The number of aromatic nitrogens is 4. The predicted molar refractivity (Wildman–Crippen MR) is 86.5 cm³/mol. The van der Waals surface area contributed by atoms with Crippen LogP contribution in [0.3, 0.4) is 0 Å². The fourth-order valence-electron chi connectivity index (χ4n) is 1.92. The second-order valence-electron chi connectivity index (χ2n) is 5.42. The number of rotatable bonds is 6. The highest BCUT2D eigenvalue weighted by atomic mass is 32.2. The van der Waals surface area contributed by atoms with E-state index in [-0.39, 0.29) is 16.8 Å². The molecule has 0 radical (unpaired) electrons. The third-order valence-electron chi connectivity index (χ3n) is 3.31. The van der Waals surface area contributed by atoms with Gasteiger partial charge in [-0.15, -0.1) is 5.10 Å². The van der Waals surface area contributed by atoms with Gasteiger partial charge in [-0.05, 0) is 54.3 Å². The number of nitrogens with one attached hydrogen (secondary N) is 2. The van der Waals surface area contributed by atoms with Gasteiger partial charge in [0, 0.05) is 5.69 Å². The van der Waals surface area contributed by atoms with Gasteiger partial charge in [-0.3, -0.25) is 4.79 Å². The predicted octanol–water partition coefficient (Wildman–Crippen LogP) is 0.916. The van der Waals surface area contributed by atoms with Crippen molar-refractivity contribution in [2.24, 2.45) is 13.0 Å². The molecule has 24 heavy (non-hydrogen) atoms. The second kappa shape index (κ2) is 6.40. The molecule has 1 aliphatic rings. The summed E-state index contributed by atoms with van der Waals surface area (Å²) in [6.45, 7) is 0. The summed E-state index contributed by atoms with van der Waals surface area (Å²) in [7, 11) is -2.29. The first kappa shape index (κ1) is 16.1. The van der Waals surface area contributed by atoms with Gasteiger partial charge in [-0.1, -0.05) is 11.2 Å². The largest absolute Gasteiger partial charge is 0.323 e. The number of carbonyl (C=O) groups excluding carboxylic acids is 1. The highest BCUT2D eigenvalue weighted by molar-refractivity contribution is 7.92. The Morgan fingerprint density at radius 2 is 2.00 bits per heavy atom. The minimum Gasteiger partial charge on any atom is -0.323 e. The summed E-state index contributed by atoms with van der Waals surface area (Å²) < 4.78 is 26.6. The Hall–Kier alpha value is -2.75. The third kappa shape index (κ3) is 4.16. The third-order valence-corrected chi connectivity index (χ3v) is 4.65. The summed E-state index contributed by atoms with van der Waals surface area (Å²) in [4.78, 5) is 12.9. The zero-order valence-corrected chi connectivity index (χ0v) is 13.7. The average Bonchev–Trinajstić information content (AvgIpc) is 3.28. The number of sulfonamides is 1. The number of tetrazole rings is 1. The van der Waals surface area contributed by atoms with E-state index in [1.165, 1.54) is 37.4 Å². The van der Waals surface area contributed by atoms with Crippen molar-refractivity contribution < 1.29 is 13.2 Å². The van der Waals surface area contributed by atoms with E-state index in [4.69, 9.17) is 0 Å². The molecule has 0 aliphatic heterocycles. The number of anilines is 2. The molecule has 0 spiro atoms. The van der Waals surface area contributed by atoms with Crippen LogP contribution in [0.2, 0.25) is 0 Å². The number of carbonyl (C=O) groups is 1. The van der Waals surface area contributed by atoms with E-state index >= 15 is 0 Å². The number of hydrogen-bond acceptors (Lipinski definition) is 6. The van der Waals surface area contributed by atoms with E-state index in [9.17, 15) is 13.2 Å². The highest BCUT2D eigenvalue weighted by Crippen LogP contribution is 2.29. The van der Waals surface area contributed by atoms with Crippen molar-refractivity contribution in [1.29, 1.82) is 0 Å². The molecule has 1 aromatic carbocycles. The Morgan fingerprint density at radius 1 is 1.29 bits per heavy atom. The molecule has 1 aromatic heterocycles. The molecular weight excluding hydrogens is 332 g/mol. The van der Waals surface area contributed by atoms with Crippen LogP contribution in [0, 0.1) is 5.92 Å². The van der Waals surface area contributed by atoms with Crippen LogP contribution in [0.4, 0.5) is 11.6 Å². The minimum absolute atomic E-state index is 0.0291. The first-order valence-electron chi connectivity index (χ1n) is 7.28. The Balaban J connectivity index is 1.65. The van der Waals surface area contributed by atoms with Crippen LogP contribution in [0.1, 0.15) is 12.8 Å². The van der Waals surface area contributed by atoms with Gasteiger partial charge in [0.2, 0.25) is 5.91 Å². The standard InChI is InChI=1S/C14H16N6O3S/c1-20-17-14(16-19-20)18-24(22,23)12-7-5-11(6-8-12)15-13(21)9-4-10-2-3-10/h4-10H,2-3H2,1H3,(H,15,21)(H,17,18). The zero-order chi connectivity index (χ0) is 17.2. The smallest absolute Gasteiger partial charge is 0.277 e. The number of hydrogen-bond donors (Lipinski definition) is 2. The molecule has 2 N–H and O–H groups in total. The van der Waals surface area contributed by atoms with Crippen molar-refractivity contribution >= 4 is 27.6 Å². The van der Waals surface area contributed by atoms with Crippen LogP contribution >= 0.6 is 0 Å². The van der Waals surface area contributed by atoms with Crippen LogP contribution in [-0.4, -0.2) is 34.5 Å². The molecule has 0 atom stereocenters. The second-order valence-corrected chi connectivity index (χ2v) is 7.10. The van der Waals surface area contributed by atoms with E-state index in [2.05, 4.69) is 25.4 Å². The summed E-state index contributed by atoms with van der Waals surface area (Å²) in [5.74, 6) is 0.170. The van der Waals surface area contributed by atoms with Gasteiger partial charge in [0.15, 0.2) is 0 Å². The molecule has 126 valence electrons. The lowest BCUT2D eigenvalue weighted by atomic mass is 10.3. The Morgan fingerprint density at radius 3 is 2.58 bits per heavy atom. The summed E-state index contributed by atoms with van der Waals surface area (Å²) in [5.41, 5.74) is 0.511. The normalized spacial score (nSPS) is 14.7. The number of benzene rings is 1. The first-order chi connectivity index (χ1) is 11.4. The molecule has 9 nitrogen and oxygen atoms in total. The number of amides is 1. The lowest BCUT2D eigenvalue weighted by Crippen LogP contribution is -2.14. The SMILES string of the molecule is Cn1nnc(NS(=O)(=O)c2ccc(NC(=O)C=CC3CC3)cc2)n1. The lowest BCUT2D eigenvalue weighted by molar-refractivity contribution is -0.111. The van der Waals surface area contributed by atoms with Gasteiger partial charge in [0.1, 0.15) is 0 Å². The molecule has 0 saturated heterocycles. The summed E-state index contributed by atoms with van der Waals surface area (Å²) in [6, 6.07) is 5.81. The molecule has 1 amide bonds. The van der Waals surface area contributed by atoms with Crippen LogP contribution in [-0.2, 0) is 21.9 Å². The van der Waals surface area contributed by atoms with Crippen LogP contribution < -0.4 is 10.0 Å². The highest BCUT2D eigenvalue weighted by Gasteiger charge is 2.18. The van der Waals surface area contributed by atoms with Gasteiger partial charge in [0.05, 0.1) is 11.9 Å². The minimum atomic E-state index is -3.81. The van der Waals surface area contributed by atoms with Gasteiger partial charge >= 0.3 is 0 Å². The topological polar surface area (TPSA) is 119 Å². The Kier molecular flexibility index (Phi) is 4.30. The fraction of sp³-hybridized carbons (Fsp3) is 0.286. The Labute approximate surface area is 138 Å². The van der Waals surface area contributed by atoms with Gasteiger partial charge < -0.3 is 5.32 Å². The number of nitrogens with zero attached hydrogens (tertiary/aromatic N) is 4. The molecular formula is C14H16N6O3S. The van der Waals surface area contributed by atoms with E-state index < -0.39 is 10.0 Å². The van der Waals surface area contributed by atoms with Crippen molar-refractivity contribution in [3.05, 3.63) is 36.4 Å². The maximum absolute atomic E-state index is 12.2. The van der Waals surface area contributed by atoms with Crippen molar-refractivity contribution in [2.75, 3.05) is 10.0 Å². The van der Waals surface area contributed by atoms with Gasteiger partial charge in [-0.25, -0.2) is 13.1 Å². The van der Waals surface area contributed by atoms with E-state index in [0.29, 0.717) is 11.6 Å². The molecule has 1 fully saturated rings. The van der Waals surface area contributed by atoms with Crippen LogP contribution in [0.25, 0.3) is 0 Å². The molecule has 1 aliphatic carbocycles. The average molecular weight is 348 g/mol. The molecule has 10 heteroatoms. The first-order valence-corrected chi connectivity index (χ1v) is 8.77. The quantitative estimate of drug-likeness (QED) is 0.749. The van der Waals surface area contributed by atoms with E-state index in [0.717, 1.165) is 17.6 Å². The fourth-order valence-corrected chi connectivity index (χ4v) is 2.85. The van der Waals surface area contributed by atoms with Gasteiger partial charge in [-0.2, -0.15) is 4.80 Å². The van der Waals surface area contributed by atoms with Gasteiger partial charge in [0.25, 0.3) is 16.0 Å². The molecule has 0 bridgehead atoms. The summed E-state index contributed by atoms with van der Waals surface area (Å²) in [5, 5.41) is 13.6. The van der Waals surface area contributed by atoms with Crippen molar-refractivity contribution in [3.8, 4) is 0 Å². The molecule has 0 unspecified atom stereocenters. The maximum Gasteiger partial charge on any atom is 0.277 e. The number of aryl methyl sites for hydroxylation is 1. The number of allylic oxidation sites excluding steroid dienone is 1.